The number of hydrogen-bond acceptors (Lipinski definition) is 3. The highest BCUT2D eigenvalue weighted by Crippen LogP contribution is 2.68. The van der Waals surface area contributed by atoms with Gasteiger partial charge in [-0.25, -0.2) is 26.3 Å². The molecule has 0 N–H and O–H groups in total. The van der Waals surface area contributed by atoms with Crippen molar-refractivity contribution < 1.29 is 26.3 Å². The van der Waals surface area contributed by atoms with Crippen molar-refractivity contribution in [2.45, 2.75) is 98.7 Å². The highest BCUT2D eigenvalue weighted by Gasteiger charge is 2.62. The molecule has 10 aromatic rings. The minimum atomic E-state index is -0.700. The zero-order chi connectivity index (χ0) is 55.8. The molecule has 0 bridgehead atoms. The first-order valence-corrected chi connectivity index (χ1v) is 28.7. The molecule has 0 amide bonds. The van der Waals surface area contributed by atoms with Crippen LogP contribution in [-0.4, -0.2) is 15.0 Å². The topological polar surface area (TPSA) is 38.7 Å². The molecule has 4 saturated carbocycles. The van der Waals surface area contributed by atoms with Crippen LogP contribution in [0.5, 0.6) is 0 Å². The molecule has 0 aliphatic heterocycles. The number of pyridine rings is 3. The Morgan fingerprint density at radius 1 is 0.268 bits per heavy atom. The lowest BCUT2D eigenvalue weighted by atomic mass is 9.58. The monoisotopic (exact) mass is 1090 g/mol. The van der Waals surface area contributed by atoms with Crippen molar-refractivity contribution in [2.24, 2.45) is 0 Å². The summed E-state index contributed by atoms with van der Waals surface area (Å²) in [5, 5.41) is 0. The Bertz CT molecular complexity index is 3900. The van der Waals surface area contributed by atoms with E-state index in [4.69, 9.17) is 15.0 Å². The number of rotatable bonds is 11. The van der Waals surface area contributed by atoms with Gasteiger partial charge in [0.05, 0.1) is 17.1 Å². The van der Waals surface area contributed by atoms with Gasteiger partial charge < -0.3 is 0 Å². The van der Waals surface area contributed by atoms with Gasteiger partial charge in [0.1, 0.15) is 34.9 Å². The molecule has 7 aromatic carbocycles. The Kier molecular flexibility index (Phi) is 12.8. The Labute approximate surface area is 473 Å². The minimum Gasteiger partial charge on any atom is -0.256 e. The molecule has 4 aliphatic carbocycles. The second-order valence-corrected chi connectivity index (χ2v) is 23.4. The van der Waals surface area contributed by atoms with E-state index in [1.54, 1.807) is 6.20 Å². The van der Waals surface area contributed by atoms with Gasteiger partial charge in [0, 0.05) is 86.3 Å². The lowest BCUT2D eigenvalue weighted by Crippen LogP contribution is -2.42. The average Bonchev–Trinajstić information content (AvgIpc) is 2.28. The van der Waals surface area contributed by atoms with E-state index in [0.717, 1.165) is 145 Å². The van der Waals surface area contributed by atoms with E-state index >= 15 is 17.6 Å². The van der Waals surface area contributed by atoms with Crippen molar-refractivity contribution in [3.05, 3.63) is 258 Å². The molecule has 82 heavy (non-hydrogen) atoms. The largest absolute Gasteiger partial charge is 0.256 e. The van der Waals surface area contributed by atoms with E-state index < -0.39 is 45.7 Å². The fraction of sp³-hybridized carbons (Fsp3) is 0.219. The molecule has 4 aliphatic rings. The van der Waals surface area contributed by atoms with E-state index in [1.165, 1.54) is 30.3 Å². The minimum absolute atomic E-state index is 0.227. The first-order valence-electron chi connectivity index (χ1n) is 28.7. The summed E-state index contributed by atoms with van der Waals surface area (Å²) >= 11 is 0. The number of halogens is 6. The van der Waals surface area contributed by atoms with Crippen LogP contribution in [0.4, 0.5) is 26.3 Å². The molecule has 3 aromatic heterocycles. The molecule has 4 fully saturated rings. The molecule has 9 heteroatoms. The van der Waals surface area contributed by atoms with Crippen LogP contribution in [0.3, 0.4) is 0 Å². The lowest BCUT2D eigenvalue weighted by molar-refractivity contribution is 0.292. The molecular weight excluding hydrogens is 1030 g/mol. The van der Waals surface area contributed by atoms with Crippen molar-refractivity contribution in [1.29, 1.82) is 0 Å². The normalized spacial score (nSPS) is 21.9. The maximum Gasteiger partial charge on any atom is 0.135 e. The molecular formula is C73H57F6N3. The molecule has 0 unspecified atom stereocenters. The standard InChI is InChI=1S/C73H57F6N3/c74-55-21-23-58(63(77)39-55)66-25-19-51(43-80-66)70-27-7-31-72(70,32-8-28-70)53-35-50(36-54(37-53)73-33-9-29-71(73,30-10-34-73)52-20-26-67(81-44-52)59-24-22-56(75)40-64(59)78)61-38-57(76)41-65(79)69(61)62-45-82-68(49-13-5-2-6-14-49)42-60(62)48-17-15-47(16-18-48)46-11-3-1-4-12-46/h1-6,11-26,35-45H,7-10,27-34H2. The number of benzene rings is 7. The van der Waals surface area contributed by atoms with Crippen LogP contribution >= 0.6 is 0 Å². The smallest absolute Gasteiger partial charge is 0.135 e. The number of hydrogen-bond donors (Lipinski definition) is 0. The van der Waals surface area contributed by atoms with Gasteiger partial charge in [0.2, 0.25) is 0 Å². The molecule has 406 valence electrons. The molecule has 3 heterocycles. The second kappa shape index (κ2) is 20.2. The predicted molar refractivity (Wildman–Crippen MR) is 313 cm³/mol. The maximum atomic E-state index is 17.7. The van der Waals surface area contributed by atoms with E-state index in [-0.39, 0.29) is 27.5 Å². The highest BCUT2D eigenvalue weighted by molar-refractivity contribution is 5.93. The summed E-state index contributed by atoms with van der Waals surface area (Å²) < 4.78 is 92.8. The number of nitrogens with zero attached hydrogens (tertiary/aromatic N) is 3. The van der Waals surface area contributed by atoms with Gasteiger partial charge in [-0.1, -0.05) is 141 Å². The van der Waals surface area contributed by atoms with E-state index in [9.17, 15) is 8.78 Å². The third kappa shape index (κ3) is 8.35. The van der Waals surface area contributed by atoms with Gasteiger partial charge in [-0.05, 0) is 156 Å². The van der Waals surface area contributed by atoms with Crippen molar-refractivity contribution in [3.8, 4) is 78.3 Å². The summed E-state index contributed by atoms with van der Waals surface area (Å²) in [5.41, 5.74) is 11.4. The predicted octanol–water partition coefficient (Wildman–Crippen LogP) is 19.5. The lowest BCUT2D eigenvalue weighted by Gasteiger charge is -2.45. The summed E-state index contributed by atoms with van der Waals surface area (Å²) in [6, 6.07) is 54.7. The highest BCUT2D eigenvalue weighted by atomic mass is 19.2. The molecule has 14 rings (SSSR count). The first kappa shape index (κ1) is 51.7. The van der Waals surface area contributed by atoms with Crippen molar-refractivity contribution in [3.63, 3.8) is 0 Å². The van der Waals surface area contributed by atoms with E-state index in [0.29, 0.717) is 33.8 Å². The molecule has 3 nitrogen and oxygen atoms in total. The number of aromatic nitrogens is 3. The SMILES string of the molecule is Fc1ccc(-c2ccc(C34CCCC3(c3cc(-c5cc(F)cc(F)c5-c5cnc(-c6ccccc6)cc5-c5ccc(-c6ccccc6)cc5)cc(C56CCCC5(c5ccc(-c7ccc(F)cc7F)nc5)CCC6)c3)CCC4)cn2)c(F)c1. The first-order chi connectivity index (χ1) is 40.0. The third-order valence-electron chi connectivity index (χ3n) is 19.7. The summed E-state index contributed by atoms with van der Waals surface area (Å²) in [7, 11) is 0. The Morgan fingerprint density at radius 3 is 1.18 bits per heavy atom. The molecule has 0 atom stereocenters. The molecule has 0 saturated heterocycles. The summed E-state index contributed by atoms with van der Waals surface area (Å²) in [5.74, 6) is -4.05. The Morgan fingerprint density at radius 2 is 0.707 bits per heavy atom. The van der Waals surface area contributed by atoms with Crippen molar-refractivity contribution in [1.82, 2.24) is 15.0 Å². The number of fused-ring (bicyclic) bond motifs is 2. The van der Waals surface area contributed by atoms with Crippen molar-refractivity contribution >= 4 is 0 Å². The second-order valence-electron chi connectivity index (χ2n) is 23.4. The van der Waals surface area contributed by atoms with Gasteiger partial charge in [-0.2, -0.15) is 0 Å². The van der Waals surface area contributed by atoms with Gasteiger partial charge in [0.25, 0.3) is 0 Å². The summed E-state index contributed by atoms with van der Waals surface area (Å²) in [6.45, 7) is 0. The molecule has 0 spiro atoms. The van der Waals surface area contributed by atoms with E-state index in [1.807, 2.05) is 79.1 Å². The van der Waals surface area contributed by atoms with Gasteiger partial charge in [0.15, 0.2) is 0 Å². The van der Waals surface area contributed by atoms with Crippen LogP contribution in [0.25, 0.3) is 78.3 Å². The van der Waals surface area contributed by atoms with Gasteiger partial charge >= 0.3 is 0 Å². The van der Waals surface area contributed by atoms with Crippen LogP contribution in [0.1, 0.15) is 99.3 Å². The van der Waals surface area contributed by atoms with Crippen LogP contribution in [0, 0.1) is 34.9 Å². The van der Waals surface area contributed by atoms with Crippen molar-refractivity contribution in [2.75, 3.05) is 0 Å². The quantitative estimate of drug-likeness (QED) is 0.121. The fourth-order valence-electron chi connectivity index (χ4n) is 16.1. The summed E-state index contributed by atoms with van der Waals surface area (Å²) in [6.07, 6.45) is 16.4. The zero-order valence-electron chi connectivity index (χ0n) is 45.1. The fourth-order valence-corrected chi connectivity index (χ4v) is 16.1. The Balaban J connectivity index is 0.970. The Hall–Kier alpha value is -8.43. The van der Waals surface area contributed by atoms with Crippen LogP contribution in [-0.2, 0) is 21.7 Å². The van der Waals surface area contributed by atoms with Crippen LogP contribution in [0.2, 0.25) is 0 Å². The van der Waals surface area contributed by atoms with Gasteiger partial charge in [-0.3, -0.25) is 15.0 Å². The van der Waals surface area contributed by atoms with Crippen LogP contribution in [0.15, 0.2) is 201 Å². The molecule has 0 radical (unpaired) electrons. The van der Waals surface area contributed by atoms with Gasteiger partial charge in [-0.15, -0.1) is 0 Å². The average molecular weight is 1090 g/mol. The third-order valence-corrected chi connectivity index (χ3v) is 19.7. The zero-order valence-corrected chi connectivity index (χ0v) is 45.1. The van der Waals surface area contributed by atoms with E-state index in [2.05, 4.69) is 66.7 Å². The summed E-state index contributed by atoms with van der Waals surface area (Å²) in [4.78, 5) is 14.8. The van der Waals surface area contributed by atoms with Crippen LogP contribution < -0.4 is 0 Å². The maximum absolute atomic E-state index is 17.7.